The van der Waals surface area contributed by atoms with Crippen LogP contribution in [0.25, 0.3) is 0 Å². The van der Waals surface area contributed by atoms with E-state index in [1.807, 2.05) is 0 Å². The zero-order valence-corrected chi connectivity index (χ0v) is 13.8. The minimum atomic E-state index is -0.813. The molecule has 0 bridgehead atoms. The second-order valence-corrected chi connectivity index (χ2v) is 8.90. The minimum Gasteiger partial charge on any atom is -0.393 e. The van der Waals surface area contributed by atoms with Crippen molar-refractivity contribution in [2.45, 2.75) is 77.2 Å². The van der Waals surface area contributed by atoms with Crippen LogP contribution in [0, 0.1) is 28.6 Å². The van der Waals surface area contributed by atoms with E-state index in [9.17, 15) is 14.6 Å². The average molecular weight is 308 g/mol. The molecule has 0 heterocycles. The van der Waals surface area contributed by atoms with Crippen molar-refractivity contribution < 1.29 is 14.6 Å². The van der Waals surface area contributed by atoms with Crippen LogP contribution in [0.4, 0.5) is 4.39 Å². The average Bonchev–Trinajstić information content (AvgIpc) is 2.76. The first kappa shape index (κ1) is 15.1. The number of alkyl halides is 1. The molecule has 0 aromatic carbocycles. The normalized spacial score (nSPS) is 57.6. The largest absolute Gasteiger partial charge is 0.393 e. The zero-order chi connectivity index (χ0) is 15.7. The first-order valence-corrected chi connectivity index (χ1v) is 9.06. The molecule has 3 saturated carbocycles. The molecule has 4 aliphatic rings. The van der Waals surface area contributed by atoms with Gasteiger partial charge in [-0.2, -0.15) is 0 Å². The van der Waals surface area contributed by atoms with Crippen molar-refractivity contribution in [3.8, 4) is 0 Å². The number of hydrogen-bond acceptors (Lipinski definition) is 2. The summed E-state index contributed by atoms with van der Waals surface area (Å²) in [6.07, 6.45) is 6.69. The Labute approximate surface area is 132 Å². The maximum absolute atomic E-state index is 14.2. The Bertz CT molecular complexity index is 504. The van der Waals surface area contributed by atoms with Crippen LogP contribution in [0.3, 0.4) is 0 Å². The van der Waals surface area contributed by atoms with Crippen molar-refractivity contribution in [3.05, 3.63) is 11.6 Å². The number of halogens is 1. The van der Waals surface area contributed by atoms with Crippen LogP contribution in [0.1, 0.15) is 58.8 Å². The van der Waals surface area contributed by atoms with Crippen LogP contribution in [-0.2, 0) is 0 Å². The van der Waals surface area contributed by atoms with Gasteiger partial charge in [0.05, 0.1) is 12.2 Å². The molecule has 4 aliphatic carbocycles. The third kappa shape index (κ3) is 1.84. The summed E-state index contributed by atoms with van der Waals surface area (Å²) in [4.78, 5) is 0. The number of aliphatic hydroxyl groups is 2. The van der Waals surface area contributed by atoms with Crippen LogP contribution >= 0.6 is 0 Å². The van der Waals surface area contributed by atoms with Gasteiger partial charge < -0.3 is 10.2 Å². The molecule has 0 spiro atoms. The van der Waals surface area contributed by atoms with Gasteiger partial charge in [0.15, 0.2) is 0 Å². The van der Waals surface area contributed by atoms with E-state index in [2.05, 4.69) is 19.9 Å². The smallest absolute Gasteiger partial charge is 0.101 e. The Hall–Kier alpha value is -0.410. The van der Waals surface area contributed by atoms with Crippen molar-refractivity contribution in [3.63, 3.8) is 0 Å². The van der Waals surface area contributed by atoms with Gasteiger partial charge in [0.2, 0.25) is 0 Å². The summed E-state index contributed by atoms with van der Waals surface area (Å²) in [5.41, 5.74) is 1.17. The van der Waals surface area contributed by atoms with Crippen molar-refractivity contribution in [2.75, 3.05) is 0 Å². The highest BCUT2D eigenvalue weighted by atomic mass is 19.1. The summed E-state index contributed by atoms with van der Waals surface area (Å²) in [7, 11) is 0. The van der Waals surface area contributed by atoms with Gasteiger partial charge in [0.25, 0.3) is 0 Å². The fourth-order valence-electron chi connectivity index (χ4n) is 6.65. The van der Waals surface area contributed by atoms with Crippen molar-refractivity contribution in [2.24, 2.45) is 28.6 Å². The highest BCUT2D eigenvalue weighted by Crippen LogP contribution is 2.65. The van der Waals surface area contributed by atoms with Crippen LogP contribution in [0.15, 0.2) is 11.6 Å². The molecule has 2 N–H and O–H groups in total. The lowest BCUT2D eigenvalue weighted by molar-refractivity contribution is -0.151. The van der Waals surface area contributed by atoms with E-state index >= 15 is 0 Å². The van der Waals surface area contributed by atoms with E-state index < -0.39 is 12.3 Å². The molecule has 2 nitrogen and oxygen atoms in total. The monoisotopic (exact) mass is 308 g/mol. The maximum atomic E-state index is 14.2. The Kier molecular flexibility index (Phi) is 3.30. The molecule has 3 heteroatoms. The van der Waals surface area contributed by atoms with Crippen molar-refractivity contribution >= 4 is 0 Å². The van der Waals surface area contributed by atoms with Gasteiger partial charge >= 0.3 is 0 Å². The third-order valence-electron chi connectivity index (χ3n) is 7.90. The highest BCUT2D eigenvalue weighted by molar-refractivity contribution is 5.26. The van der Waals surface area contributed by atoms with Crippen molar-refractivity contribution in [1.82, 2.24) is 0 Å². The SMILES string of the molecule is C[C@]12CCCC=C1CC(O)[C@@H]1[C@H]2CC(O)[C@]2(C)CC(F)C[C@@H]12. The van der Waals surface area contributed by atoms with Crippen LogP contribution in [-0.4, -0.2) is 28.6 Å². The van der Waals surface area contributed by atoms with Gasteiger partial charge in [-0.15, -0.1) is 0 Å². The standard InChI is InChI=1S/C19H29FO2/c1-18-6-4-3-5-11(18)7-15(21)17-13-8-12(20)10-19(13,2)16(22)9-14(17)18/h5,12-17,21-22H,3-4,6-10H2,1-2H3/t12?,13-,14+,15?,16?,17-,18-,19+/m0/s1. The van der Waals surface area contributed by atoms with Gasteiger partial charge in [0, 0.05) is 0 Å². The maximum Gasteiger partial charge on any atom is 0.101 e. The topological polar surface area (TPSA) is 40.5 Å². The first-order valence-electron chi connectivity index (χ1n) is 9.06. The van der Waals surface area contributed by atoms with Gasteiger partial charge in [-0.05, 0) is 73.5 Å². The summed E-state index contributed by atoms with van der Waals surface area (Å²) < 4.78 is 14.2. The molecule has 0 aromatic heterocycles. The Morgan fingerprint density at radius 2 is 1.95 bits per heavy atom. The van der Waals surface area contributed by atoms with Crippen molar-refractivity contribution in [1.29, 1.82) is 0 Å². The number of hydrogen-bond donors (Lipinski definition) is 2. The van der Waals surface area contributed by atoms with E-state index in [4.69, 9.17) is 0 Å². The van der Waals surface area contributed by atoms with Gasteiger partial charge in [-0.3, -0.25) is 0 Å². The number of fused-ring (bicyclic) bond motifs is 5. The summed E-state index contributed by atoms with van der Waals surface area (Å²) in [6, 6.07) is 0. The number of rotatable bonds is 0. The van der Waals surface area contributed by atoms with E-state index in [-0.39, 0.29) is 28.8 Å². The molecule has 0 aromatic rings. The molecule has 3 unspecified atom stereocenters. The molecular weight excluding hydrogens is 279 g/mol. The molecule has 8 atom stereocenters. The molecule has 3 fully saturated rings. The molecule has 0 saturated heterocycles. The summed E-state index contributed by atoms with van der Waals surface area (Å²) in [5.74, 6) is 0.599. The number of allylic oxidation sites excluding steroid dienone is 1. The lowest BCUT2D eigenvalue weighted by Crippen LogP contribution is -2.58. The van der Waals surface area contributed by atoms with Crippen LogP contribution in [0.2, 0.25) is 0 Å². The van der Waals surface area contributed by atoms with Gasteiger partial charge in [-0.25, -0.2) is 4.39 Å². The predicted octanol–water partition coefficient (Wildman–Crippen LogP) is 3.62. The zero-order valence-electron chi connectivity index (χ0n) is 13.8. The summed E-state index contributed by atoms with van der Waals surface area (Å²) >= 11 is 0. The second kappa shape index (κ2) is 4.80. The quantitative estimate of drug-likeness (QED) is 0.671. The first-order chi connectivity index (χ1) is 10.4. The molecule has 0 aliphatic heterocycles. The molecule has 124 valence electrons. The lowest BCUT2D eigenvalue weighted by Gasteiger charge is -2.60. The van der Waals surface area contributed by atoms with E-state index in [1.54, 1.807) is 0 Å². The molecule has 0 radical (unpaired) electrons. The molecule has 0 amide bonds. The predicted molar refractivity (Wildman–Crippen MR) is 84.0 cm³/mol. The second-order valence-electron chi connectivity index (χ2n) is 8.90. The lowest BCUT2D eigenvalue weighted by atomic mass is 9.46. The third-order valence-corrected chi connectivity index (χ3v) is 7.90. The van der Waals surface area contributed by atoms with Gasteiger partial charge in [0.1, 0.15) is 6.17 Å². The Balaban J connectivity index is 1.76. The molecule has 22 heavy (non-hydrogen) atoms. The van der Waals surface area contributed by atoms with E-state index in [0.29, 0.717) is 18.8 Å². The minimum absolute atomic E-state index is 0.110. The molecular formula is C19H29FO2. The number of aliphatic hydroxyl groups excluding tert-OH is 2. The fraction of sp³-hybridized carbons (Fsp3) is 0.895. The van der Waals surface area contributed by atoms with Crippen LogP contribution < -0.4 is 0 Å². The highest BCUT2D eigenvalue weighted by Gasteiger charge is 2.63. The van der Waals surface area contributed by atoms with Crippen LogP contribution in [0.5, 0.6) is 0 Å². The Morgan fingerprint density at radius 3 is 2.73 bits per heavy atom. The summed E-state index contributed by atoms with van der Waals surface area (Å²) in [5, 5.41) is 21.7. The fourth-order valence-corrected chi connectivity index (χ4v) is 6.65. The molecule has 4 rings (SSSR count). The summed E-state index contributed by atoms with van der Waals surface area (Å²) in [6.45, 7) is 4.39. The Morgan fingerprint density at radius 1 is 1.18 bits per heavy atom. The van der Waals surface area contributed by atoms with Gasteiger partial charge in [-0.1, -0.05) is 25.5 Å². The van der Waals surface area contributed by atoms with E-state index in [0.717, 1.165) is 25.7 Å². The van der Waals surface area contributed by atoms with E-state index in [1.165, 1.54) is 12.0 Å².